The minimum atomic E-state index is -4.75. The second-order valence-electron chi connectivity index (χ2n) is 10.6. The van der Waals surface area contributed by atoms with Gasteiger partial charge in [-0.2, -0.15) is 18.3 Å². The van der Waals surface area contributed by atoms with E-state index >= 15 is 0 Å². The summed E-state index contributed by atoms with van der Waals surface area (Å²) in [6.45, 7) is 6.45. The van der Waals surface area contributed by atoms with Crippen LogP contribution in [0, 0.1) is 0 Å². The quantitative estimate of drug-likeness (QED) is 0.113. The normalized spacial score (nSPS) is 12.0. The Balaban J connectivity index is 1.69. The zero-order valence-electron chi connectivity index (χ0n) is 25.0. The number of hydrogen-bond acceptors (Lipinski definition) is 10. The molecule has 0 aliphatic rings. The maximum Gasteiger partial charge on any atom is 0.435 e. The molecule has 3 aromatic heterocycles. The molecule has 16 heteroatoms. The van der Waals surface area contributed by atoms with Crippen molar-refractivity contribution in [1.29, 1.82) is 0 Å². The monoisotopic (exact) mass is 632 g/mol. The summed E-state index contributed by atoms with van der Waals surface area (Å²) in [6.07, 6.45) is 1.14. The molecule has 13 nitrogen and oxygen atoms in total. The van der Waals surface area contributed by atoms with Gasteiger partial charge >= 0.3 is 6.18 Å². The Morgan fingerprint density at radius 1 is 1.20 bits per heavy atom. The molecule has 242 valence electrons. The van der Waals surface area contributed by atoms with Crippen LogP contribution in [0.15, 0.2) is 36.9 Å². The zero-order valence-corrected chi connectivity index (χ0v) is 25.0. The molecule has 0 atom stereocenters. The van der Waals surface area contributed by atoms with E-state index in [0.717, 1.165) is 4.68 Å². The molecule has 0 radical (unpaired) electrons. The van der Waals surface area contributed by atoms with Crippen LogP contribution in [-0.4, -0.2) is 73.5 Å². The van der Waals surface area contributed by atoms with E-state index in [9.17, 15) is 27.9 Å². The molecule has 0 spiro atoms. The van der Waals surface area contributed by atoms with Gasteiger partial charge in [0.25, 0.3) is 12.4 Å². The highest BCUT2D eigenvalue weighted by atomic mass is 19.4. The first-order valence-electron chi connectivity index (χ1n) is 14.2. The number of aromatic nitrogens is 5. The Hall–Kier alpha value is -4.54. The predicted molar refractivity (Wildman–Crippen MR) is 158 cm³/mol. The number of carbonyl (C=O) groups is 2. The molecule has 0 bridgehead atoms. The van der Waals surface area contributed by atoms with Gasteiger partial charge in [0.05, 0.1) is 42.0 Å². The number of benzene rings is 1. The summed E-state index contributed by atoms with van der Waals surface area (Å²) in [5.74, 6) is -0.159. The van der Waals surface area contributed by atoms with Crippen LogP contribution in [0.25, 0.3) is 16.9 Å². The molecule has 1 amide bonds. The van der Waals surface area contributed by atoms with Crippen molar-refractivity contribution in [2.24, 2.45) is 5.73 Å². The van der Waals surface area contributed by atoms with Gasteiger partial charge in [0.1, 0.15) is 0 Å². The average Bonchev–Trinajstić information content (AvgIpc) is 3.61. The van der Waals surface area contributed by atoms with Crippen molar-refractivity contribution in [2.45, 2.75) is 51.9 Å². The van der Waals surface area contributed by atoms with Gasteiger partial charge in [-0.3, -0.25) is 18.7 Å². The number of carbonyl (C=O) groups excluding carboxylic acids is 2. The topological polar surface area (TPSA) is 171 Å². The molecule has 0 fully saturated rings. The molecule has 1 aromatic carbocycles. The van der Waals surface area contributed by atoms with Crippen LogP contribution in [0.4, 0.5) is 24.7 Å². The van der Waals surface area contributed by atoms with Crippen LogP contribution in [-0.2, 0) is 28.7 Å². The second-order valence-corrected chi connectivity index (χ2v) is 10.6. The summed E-state index contributed by atoms with van der Waals surface area (Å²) in [4.78, 5) is 33.0. The first-order chi connectivity index (χ1) is 21.4. The van der Waals surface area contributed by atoms with Crippen LogP contribution < -0.4 is 21.1 Å². The highest BCUT2D eigenvalue weighted by molar-refractivity contribution is 5.97. The van der Waals surface area contributed by atoms with Crippen molar-refractivity contribution in [1.82, 2.24) is 29.5 Å². The second kappa shape index (κ2) is 14.0. The third-order valence-electron chi connectivity index (χ3n) is 6.76. The van der Waals surface area contributed by atoms with E-state index in [1.807, 2.05) is 0 Å². The summed E-state index contributed by atoms with van der Waals surface area (Å²) in [5.41, 5.74) is 4.30. The van der Waals surface area contributed by atoms with E-state index in [0.29, 0.717) is 25.1 Å². The zero-order chi connectivity index (χ0) is 32.8. The van der Waals surface area contributed by atoms with Crippen LogP contribution in [0.2, 0.25) is 0 Å². The maximum atomic E-state index is 14.0. The van der Waals surface area contributed by atoms with Gasteiger partial charge < -0.3 is 30.9 Å². The van der Waals surface area contributed by atoms with Gasteiger partial charge in [-0.05, 0) is 38.8 Å². The molecule has 0 aliphatic heterocycles. The fourth-order valence-electron chi connectivity index (χ4n) is 4.65. The van der Waals surface area contributed by atoms with E-state index in [1.165, 1.54) is 35.3 Å². The molecule has 0 unspecified atom stereocenters. The average molecular weight is 633 g/mol. The lowest BCUT2D eigenvalue weighted by molar-refractivity contribution is -0.141. The van der Waals surface area contributed by atoms with Gasteiger partial charge in [-0.25, -0.2) is 9.97 Å². The number of nitrogens with two attached hydrogens (primary N) is 1. The number of nitrogens with zero attached hydrogens (tertiary/aromatic N) is 5. The van der Waals surface area contributed by atoms with Crippen LogP contribution in [0.1, 0.15) is 48.8 Å². The van der Waals surface area contributed by atoms with Gasteiger partial charge in [0.15, 0.2) is 22.9 Å². The van der Waals surface area contributed by atoms with Crippen molar-refractivity contribution in [3.05, 3.63) is 53.7 Å². The van der Waals surface area contributed by atoms with Gasteiger partial charge in [0.2, 0.25) is 0 Å². The first kappa shape index (κ1) is 33.4. The van der Waals surface area contributed by atoms with Gasteiger partial charge in [0, 0.05) is 49.4 Å². The third-order valence-corrected chi connectivity index (χ3v) is 6.76. The van der Waals surface area contributed by atoms with Crippen LogP contribution >= 0.6 is 0 Å². The number of hydrogen-bond donors (Lipinski definition) is 4. The molecular weight excluding hydrogens is 597 g/mol. The highest BCUT2D eigenvalue weighted by Gasteiger charge is 2.38. The summed E-state index contributed by atoms with van der Waals surface area (Å²) in [5, 5.41) is 19.6. The number of aliphatic hydroxyl groups is 1. The van der Waals surface area contributed by atoms with Crippen molar-refractivity contribution in [3.8, 4) is 17.0 Å². The summed E-state index contributed by atoms with van der Waals surface area (Å²) in [6, 6.07) is 3.09. The minimum absolute atomic E-state index is 0.0625. The Labute approximate surface area is 256 Å². The SMILES string of the molecule is CCc1c(C(=O)NCCOCCN)ccc(Nc2nccn3c(-c4cn(CCC(C)(C)O)nc4C(F)(F)F)cnc23)c1OC=O. The van der Waals surface area contributed by atoms with E-state index < -0.39 is 23.4 Å². The number of imidazole rings is 1. The Kier molecular flexibility index (Phi) is 10.4. The summed E-state index contributed by atoms with van der Waals surface area (Å²) >= 11 is 0. The number of alkyl halides is 3. The number of aryl methyl sites for hydroxylation is 1. The Bertz CT molecular complexity index is 1650. The number of nitrogens with one attached hydrogen (secondary N) is 2. The van der Waals surface area contributed by atoms with E-state index in [-0.39, 0.29) is 72.3 Å². The molecule has 45 heavy (non-hydrogen) atoms. The molecule has 0 aliphatic carbocycles. The highest BCUT2D eigenvalue weighted by Crippen LogP contribution is 2.38. The fraction of sp³-hybridized carbons (Fsp3) is 0.414. The predicted octanol–water partition coefficient (Wildman–Crippen LogP) is 3.32. The molecule has 3 heterocycles. The molecule has 4 aromatic rings. The van der Waals surface area contributed by atoms with E-state index in [4.69, 9.17) is 15.2 Å². The Morgan fingerprint density at radius 3 is 2.64 bits per heavy atom. The van der Waals surface area contributed by atoms with Crippen molar-refractivity contribution in [3.63, 3.8) is 0 Å². The van der Waals surface area contributed by atoms with Gasteiger partial charge in [-0.15, -0.1) is 0 Å². The van der Waals surface area contributed by atoms with Gasteiger partial charge in [-0.1, -0.05) is 6.92 Å². The van der Waals surface area contributed by atoms with E-state index in [2.05, 4.69) is 25.7 Å². The maximum absolute atomic E-state index is 14.0. The number of fused-ring (bicyclic) bond motifs is 1. The third kappa shape index (κ3) is 7.95. The smallest absolute Gasteiger partial charge is 0.426 e. The number of halogens is 3. The lowest BCUT2D eigenvalue weighted by Gasteiger charge is -2.17. The lowest BCUT2D eigenvalue weighted by Crippen LogP contribution is -2.29. The summed E-state index contributed by atoms with van der Waals surface area (Å²) in [7, 11) is 0. The fourth-order valence-corrected chi connectivity index (χ4v) is 4.65. The lowest BCUT2D eigenvalue weighted by atomic mass is 10.0. The van der Waals surface area contributed by atoms with E-state index in [1.54, 1.807) is 26.8 Å². The molecular formula is C29H35F3N8O5. The molecule has 0 saturated carbocycles. The first-order valence-corrected chi connectivity index (χ1v) is 14.2. The minimum Gasteiger partial charge on any atom is -0.426 e. The Morgan fingerprint density at radius 2 is 1.98 bits per heavy atom. The van der Waals surface area contributed by atoms with Crippen molar-refractivity contribution < 1.29 is 37.3 Å². The van der Waals surface area contributed by atoms with Crippen molar-refractivity contribution in [2.75, 3.05) is 31.6 Å². The summed E-state index contributed by atoms with van der Waals surface area (Å²) < 4.78 is 55.2. The molecule has 4 rings (SSSR count). The molecule has 0 saturated heterocycles. The number of ether oxygens (including phenoxy) is 2. The number of rotatable bonds is 15. The largest absolute Gasteiger partial charge is 0.435 e. The van der Waals surface area contributed by atoms with Crippen LogP contribution in [0.3, 0.4) is 0 Å². The number of anilines is 2. The molecule has 5 N–H and O–H groups in total. The van der Waals surface area contributed by atoms with Crippen LogP contribution in [0.5, 0.6) is 5.75 Å². The standard InChI is InChI=1S/C29H35F3N8O5/c1-4-18-19(27(42)35-10-14-44-13-8-33)5-6-21(23(18)45-17-41)37-25-26-36-15-22(40(26)12-9-34-25)20-16-39(11-7-28(2,3)43)38-24(20)29(30,31)32/h5-6,9,12,15-17,43H,4,7-8,10-11,13-14,33H2,1-3H3,(H,34,37)(H,35,42). The van der Waals surface area contributed by atoms with Crippen molar-refractivity contribution >= 4 is 29.5 Å². The number of amides is 1.